The van der Waals surface area contributed by atoms with Gasteiger partial charge in [0.2, 0.25) is 0 Å². The van der Waals surface area contributed by atoms with Crippen LogP contribution in [0.2, 0.25) is 5.02 Å². The second kappa shape index (κ2) is 5.39. The molecule has 3 aromatic rings. The summed E-state index contributed by atoms with van der Waals surface area (Å²) >= 11 is 5.91. The zero-order chi connectivity index (χ0) is 13.9. The van der Waals surface area contributed by atoms with Crippen molar-refractivity contribution in [2.75, 3.05) is 0 Å². The number of halogens is 1. The van der Waals surface area contributed by atoms with Crippen LogP contribution in [0, 0.1) is 0 Å². The van der Waals surface area contributed by atoms with E-state index in [-0.39, 0.29) is 5.91 Å². The van der Waals surface area contributed by atoms with Crippen LogP contribution in [0.25, 0.3) is 5.52 Å². The summed E-state index contributed by atoms with van der Waals surface area (Å²) in [4.78, 5) is 12.1. The van der Waals surface area contributed by atoms with E-state index in [4.69, 9.17) is 11.6 Å². The van der Waals surface area contributed by atoms with Crippen LogP contribution in [-0.2, 0) is 6.54 Å². The van der Waals surface area contributed by atoms with E-state index >= 15 is 0 Å². The van der Waals surface area contributed by atoms with Crippen molar-refractivity contribution in [1.29, 1.82) is 0 Å². The molecule has 0 aliphatic carbocycles. The Morgan fingerprint density at radius 3 is 2.85 bits per heavy atom. The van der Waals surface area contributed by atoms with Gasteiger partial charge in [-0.1, -0.05) is 29.8 Å². The number of rotatable bonds is 3. The highest BCUT2D eigenvalue weighted by Gasteiger charge is 2.08. The highest BCUT2D eigenvalue weighted by molar-refractivity contribution is 6.30. The maximum absolute atomic E-state index is 12.1. The van der Waals surface area contributed by atoms with Gasteiger partial charge in [-0.3, -0.25) is 4.79 Å². The Morgan fingerprint density at radius 1 is 1.15 bits per heavy atom. The van der Waals surface area contributed by atoms with E-state index in [2.05, 4.69) is 5.32 Å². The summed E-state index contributed by atoms with van der Waals surface area (Å²) in [7, 11) is 0. The van der Waals surface area contributed by atoms with Crippen LogP contribution in [0.3, 0.4) is 0 Å². The molecule has 0 bridgehead atoms. The number of nitrogens with zero attached hydrogens (tertiary/aromatic N) is 1. The van der Waals surface area contributed by atoms with Crippen molar-refractivity contribution in [3.63, 3.8) is 0 Å². The van der Waals surface area contributed by atoms with Crippen LogP contribution in [0.1, 0.15) is 15.9 Å². The highest BCUT2D eigenvalue weighted by atomic mass is 35.5. The van der Waals surface area contributed by atoms with Crippen LogP contribution in [0.15, 0.2) is 60.9 Å². The van der Waals surface area contributed by atoms with Gasteiger partial charge in [0.25, 0.3) is 5.91 Å². The number of hydrogen-bond acceptors (Lipinski definition) is 1. The van der Waals surface area contributed by atoms with Crippen molar-refractivity contribution in [2.24, 2.45) is 0 Å². The first-order valence-corrected chi connectivity index (χ1v) is 6.69. The third kappa shape index (κ3) is 2.68. The molecule has 100 valence electrons. The molecule has 0 fully saturated rings. The first-order valence-electron chi connectivity index (χ1n) is 6.32. The van der Waals surface area contributed by atoms with Gasteiger partial charge in [-0.15, -0.1) is 0 Å². The smallest absolute Gasteiger partial charge is 0.253 e. The number of nitrogens with one attached hydrogen (secondary N) is 1. The van der Waals surface area contributed by atoms with Crippen molar-refractivity contribution >= 4 is 23.0 Å². The molecule has 1 amide bonds. The third-order valence-electron chi connectivity index (χ3n) is 3.11. The second-order valence-electron chi connectivity index (χ2n) is 4.57. The zero-order valence-corrected chi connectivity index (χ0v) is 11.5. The summed E-state index contributed by atoms with van der Waals surface area (Å²) < 4.78 is 1.92. The van der Waals surface area contributed by atoms with Crippen LogP contribution in [-0.4, -0.2) is 10.3 Å². The fraction of sp³-hybridized carbons (Fsp3) is 0.0625. The Bertz CT molecular complexity index is 731. The summed E-state index contributed by atoms with van der Waals surface area (Å²) in [5.74, 6) is -0.0892. The molecule has 3 rings (SSSR count). The highest BCUT2D eigenvalue weighted by Crippen LogP contribution is 2.12. The lowest BCUT2D eigenvalue weighted by Crippen LogP contribution is -2.22. The number of aromatic nitrogens is 1. The van der Waals surface area contributed by atoms with Gasteiger partial charge in [0.15, 0.2) is 0 Å². The Balaban J connectivity index is 1.73. The minimum atomic E-state index is -0.0892. The Labute approximate surface area is 121 Å². The van der Waals surface area contributed by atoms with E-state index in [9.17, 15) is 4.79 Å². The molecule has 0 atom stereocenters. The van der Waals surface area contributed by atoms with Gasteiger partial charge < -0.3 is 9.72 Å². The first kappa shape index (κ1) is 12.8. The van der Waals surface area contributed by atoms with Gasteiger partial charge >= 0.3 is 0 Å². The minimum Gasteiger partial charge on any atom is -0.348 e. The molecule has 1 N–H and O–H groups in total. The van der Waals surface area contributed by atoms with E-state index in [0.29, 0.717) is 17.1 Å². The molecule has 0 aliphatic rings. The molecule has 0 saturated carbocycles. The zero-order valence-electron chi connectivity index (χ0n) is 10.7. The Kier molecular flexibility index (Phi) is 3.44. The molecule has 2 aromatic heterocycles. The molecular weight excluding hydrogens is 272 g/mol. The van der Waals surface area contributed by atoms with Gasteiger partial charge in [0, 0.05) is 29.5 Å². The molecule has 20 heavy (non-hydrogen) atoms. The molecule has 0 saturated heterocycles. The number of pyridine rings is 1. The first-order chi connectivity index (χ1) is 9.72. The van der Waals surface area contributed by atoms with E-state index in [0.717, 1.165) is 11.1 Å². The molecular formula is C16H13ClN2O. The number of carbonyl (C=O) groups is 1. The molecule has 0 radical (unpaired) electrons. The summed E-state index contributed by atoms with van der Waals surface area (Å²) in [6.45, 7) is 0.464. The monoisotopic (exact) mass is 284 g/mol. The number of fused-ring (bicyclic) bond motifs is 1. The fourth-order valence-electron chi connectivity index (χ4n) is 2.11. The lowest BCUT2D eigenvalue weighted by Gasteiger charge is -2.04. The quantitative estimate of drug-likeness (QED) is 0.784. The van der Waals surface area contributed by atoms with Crippen LogP contribution >= 0.6 is 11.6 Å². The van der Waals surface area contributed by atoms with Crippen LogP contribution < -0.4 is 5.32 Å². The lowest BCUT2D eigenvalue weighted by molar-refractivity contribution is 0.0951. The summed E-state index contributed by atoms with van der Waals surface area (Å²) in [5.41, 5.74) is 2.63. The summed E-state index contributed by atoms with van der Waals surface area (Å²) in [6.07, 6.45) is 3.74. The van der Waals surface area contributed by atoms with Gasteiger partial charge in [-0.2, -0.15) is 0 Å². The van der Waals surface area contributed by atoms with E-state index in [1.165, 1.54) is 0 Å². The average molecular weight is 285 g/mol. The van der Waals surface area contributed by atoms with Crippen molar-refractivity contribution in [1.82, 2.24) is 9.72 Å². The maximum Gasteiger partial charge on any atom is 0.253 e. The molecule has 3 nitrogen and oxygen atoms in total. The predicted molar refractivity (Wildman–Crippen MR) is 80.0 cm³/mol. The number of amides is 1. The van der Waals surface area contributed by atoms with Crippen LogP contribution in [0.5, 0.6) is 0 Å². The number of hydrogen-bond donors (Lipinski definition) is 1. The normalized spacial score (nSPS) is 10.7. The standard InChI is InChI=1S/C16H13ClN2O/c17-14-5-3-4-12(8-14)10-18-16(20)13-9-15-6-1-2-7-19(15)11-13/h1-9,11H,10H2,(H,18,20). The van der Waals surface area contributed by atoms with Crippen molar-refractivity contribution < 1.29 is 4.79 Å². The van der Waals surface area contributed by atoms with E-state index in [1.807, 2.05) is 65.3 Å². The Hall–Kier alpha value is -2.26. The maximum atomic E-state index is 12.1. The molecule has 0 unspecified atom stereocenters. The SMILES string of the molecule is O=C(NCc1cccc(Cl)c1)c1cc2ccccn2c1. The van der Waals surface area contributed by atoms with Crippen molar-refractivity contribution in [3.8, 4) is 0 Å². The van der Waals surface area contributed by atoms with Gasteiger partial charge in [0.1, 0.15) is 0 Å². The lowest BCUT2D eigenvalue weighted by atomic mass is 10.2. The third-order valence-corrected chi connectivity index (χ3v) is 3.34. The van der Waals surface area contributed by atoms with Gasteiger partial charge in [-0.25, -0.2) is 0 Å². The summed E-state index contributed by atoms with van der Waals surface area (Å²) in [6, 6.07) is 15.2. The minimum absolute atomic E-state index is 0.0892. The molecule has 1 aromatic carbocycles. The molecule has 0 aliphatic heterocycles. The average Bonchev–Trinajstić information content (AvgIpc) is 2.89. The molecule has 4 heteroatoms. The second-order valence-corrected chi connectivity index (χ2v) is 5.01. The van der Waals surface area contributed by atoms with Gasteiger partial charge in [0.05, 0.1) is 5.56 Å². The van der Waals surface area contributed by atoms with E-state index in [1.54, 1.807) is 0 Å². The van der Waals surface area contributed by atoms with Crippen molar-refractivity contribution in [2.45, 2.75) is 6.54 Å². The number of benzene rings is 1. The number of carbonyl (C=O) groups excluding carboxylic acids is 1. The predicted octanol–water partition coefficient (Wildman–Crippen LogP) is 3.52. The summed E-state index contributed by atoms with van der Waals surface area (Å²) in [5, 5.41) is 3.57. The topological polar surface area (TPSA) is 33.5 Å². The van der Waals surface area contributed by atoms with Gasteiger partial charge in [-0.05, 0) is 35.9 Å². The molecule has 2 heterocycles. The fourth-order valence-corrected chi connectivity index (χ4v) is 2.32. The Morgan fingerprint density at radius 2 is 2.05 bits per heavy atom. The van der Waals surface area contributed by atoms with Crippen LogP contribution in [0.4, 0.5) is 0 Å². The largest absolute Gasteiger partial charge is 0.348 e. The van der Waals surface area contributed by atoms with E-state index < -0.39 is 0 Å². The van der Waals surface area contributed by atoms with Crippen molar-refractivity contribution in [3.05, 3.63) is 77.1 Å². The molecule has 0 spiro atoms.